The summed E-state index contributed by atoms with van der Waals surface area (Å²) in [6, 6.07) is 40.5. The third-order valence-electron chi connectivity index (χ3n) is 10.2. The zero-order valence-electron chi connectivity index (χ0n) is 24.7. The van der Waals surface area contributed by atoms with Crippen LogP contribution in [0.15, 0.2) is 122 Å². The molecule has 0 bridgehead atoms. The van der Waals surface area contributed by atoms with Crippen molar-refractivity contribution in [1.82, 2.24) is 19.4 Å². The molecule has 214 valence electrons. The van der Waals surface area contributed by atoms with Crippen LogP contribution in [-0.4, -0.2) is 14.1 Å². The number of aromatic nitrogens is 3. The van der Waals surface area contributed by atoms with Gasteiger partial charge >= 0.3 is 0 Å². The first kappa shape index (κ1) is 25.4. The van der Waals surface area contributed by atoms with Gasteiger partial charge in [0.25, 0.3) is 0 Å². The second-order valence-corrected chi connectivity index (χ2v) is 12.4. The Morgan fingerprint density at radius 1 is 0.591 bits per heavy atom. The van der Waals surface area contributed by atoms with Crippen LogP contribution in [0.4, 0.5) is 0 Å². The molecule has 2 aliphatic rings. The van der Waals surface area contributed by atoms with E-state index in [9.17, 15) is 0 Å². The molecule has 0 radical (unpaired) electrons. The average Bonchev–Trinajstić information content (AvgIpc) is 3.62. The summed E-state index contributed by atoms with van der Waals surface area (Å²) in [6.07, 6.45) is 12.4. The van der Waals surface area contributed by atoms with Crippen LogP contribution in [0.2, 0.25) is 0 Å². The molecule has 1 saturated carbocycles. The Balaban J connectivity index is 1.13. The Hall–Kier alpha value is -5.09. The van der Waals surface area contributed by atoms with Gasteiger partial charge in [-0.05, 0) is 84.8 Å². The van der Waals surface area contributed by atoms with Crippen molar-refractivity contribution in [1.29, 1.82) is 0 Å². The lowest BCUT2D eigenvalue weighted by Crippen LogP contribution is -2.30. The number of hydrogen-bond acceptors (Lipinski definition) is 2. The number of benzene rings is 4. The van der Waals surface area contributed by atoms with Crippen LogP contribution in [-0.2, 0) is 12.0 Å². The van der Waals surface area contributed by atoms with Crippen LogP contribution in [0, 0.1) is 0 Å². The molecule has 1 aliphatic carbocycles. The van der Waals surface area contributed by atoms with Gasteiger partial charge < -0.3 is 9.88 Å². The smallest absolute Gasteiger partial charge is 0.145 e. The molecule has 0 atom stereocenters. The van der Waals surface area contributed by atoms with Gasteiger partial charge in [-0.25, -0.2) is 4.98 Å². The molecule has 7 aromatic rings. The normalized spacial score (nSPS) is 15.9. The number of nitrogens with zero attached hydrogens (tertiary/aromatic N) is 3. The minimum absolute atomic E-state index is 0.0247. The van der Waals surface area contributed by atoms with Crippen molar-refractivity contribution in [2.75, 3.05) is 0 Å². The fourth-order valence-electron chi connectivity index (χ4n) is 8.09. The molecule has 1 N–H and O–H groups in total. The highest BCUT2D eigenvalue weighted by Crippen LogP contribution is 2.46. The van der Waals surface area contributed by atoms with Gasteiger partial charge in [-0.1, -0.05) is 79.9 Å². The van der Waals surface area contributed by atoms with Crippen molar-refractivity contribution in [2.45, 2.75) is 44.1 Å². The van der Waals surface area contributed by atoms with Crippen LogP contribution in [0.5, 0.6) is 0 Å². The number of pyridine rings is 1. The molecule has 0 spiro atoms. The van der Waals surface area contributed by atoms with Crippen molar-refractivity contribution >= 4 is 38.9 Å². The number of hydrogen-bond donors (Lipinski definition) is 1. The minimum atomic E-state index is 0.0247. The average molecular weight is 571 g/mol. The molecule has 4 heteroatoms. The first-order chi connectivity index (χ1) is 21.8. The molecule has 4 aromatic carbocycles. The molecule has 4 nitrogen and oxygen atoms in total. The van der Waals surface area contributed by atoms with Crippen molar-refractivity contribution in [3.63, 3.8) is 0 Å². The number of nitrogens with one attached hydrogen (secondary N) is 1. The summed E-state index contributed by atoms with van der Waals surface area (Å²) in [5.41, 5.74) is 11.4. The van der Waals surface area contributed by atoms with Crippen LogP contribution >= 0.6 is 0 Å². The maximum absolute atomic E-state index is 4.80. The SMILES string of the molecule is C1=Cc2c(n(-c3ccc(C4(c5ccc(-n6c7ccccc7c7cccnc76)cc5)CCCCC4)cc3)c3ccccc23)CN1. The van der Waals surface area contributed by atoms with Gasteiger partial charge in [0.15, 0.2) is 0 Å². The standard InChI is InChI=1S/C40H34N4/c1-6-23-40(24-7-1,28-14-18-30(19-15-28)43-36-12-4-2-9-32(36)34-22-26-41-27-38(34)43)29-16-20-31(21-17-29)44-37-13-5-3-10-33(37)35-11-8-25-42-39(35)44/h2-5,8-22,25-26,41H,1,6-7,23-24,27H2. The third-order valence-corrected chi connectivity index (χ3v) is 10.2. The van der Waals surface area contributed by atoms with Crippen molar-refractivity contribution < 1.29 is 0 Å². The van der Waals surface area contributed by atoms with Gasteiger partial charge in [0.05, 0.1) is 23.3 Å². The quantitative estimate of drug-likeness (QED) is 0.229. The summed E-state index contributed by atoms with van der Waals surface area (Å²) in [7, 11) is 0. The summed E-state index contributed by atoms with van der Waals surface area (Å²) in [6.45, 7) is 0.833. The Morgan fingerprint density at radius 3 is 1.93 bits per heavy atom. The molecule has 0 saturated heterocycles. The Bertz CT molecular complexity index is 2140. The highest BCUT2D eigenvalue weighted by atomic mass is 15.0. The summed E-state index contributed by atoms with van der Waals surface area (Å²) < 4.78 is 4.75. The van der Waals surface area contributed by atoms with Crippen LogP contribution < -0.4 is 5.32 Å². The lowest BCUT2D eigenvalue weighted by atomic mass is 9.65. The molecule has 44 heavy (non-hydrogen) atoms. The van der Waals surface area contributed by atoms with Gasteiger partial charge in [-0.2, -0.15) is 0 Å². The fourth-order valence-corrected chi connectivity index (χ4v) is 8.09. The minimum Gasteiger partial charge on any atom is -0.385 e. The van der Waals surface area contributed by atoms with E-state index in [0.29, 0.717) is 0 Å². The molecular weight excluding hydrogens is 536 g/mol. The van der Waals surface area contributed by atoms with Crippen LogP contribution in [0.3, 0.4) is 0 Å². The van der Waals surface area contributed by atoms with E-state index in [2.05, 4.69) is 130 Å². The van der Waals surface area contributed by atoms with Gasteiger partial charge in [-0.15, -0.1) is 0 Å². The monoisotopic (exact) mass is 570 g/mol. The lowest BCUT2D eigenvalue weighted by molar-refractivity contribution is 0.346. The second-order valence-electron chi connectivity index (χ2n) is 12.4. The van der Waals surface area contributed by atoms with Crippen molar-refractivity contribution in [2.24, 2.45) is 0 Å². The Morgan fingerprint density at radius 2 is 1.20 bits per heavy atom. The van der Waals surface area contributed by atoms with E-state index in [1.807, 2.05) is 12.3 Å². The highest BCUT2D eigenvalue weighted by molar-refractivity contribution is 6.07. The summed E-state index contributed by atoms with van der Waals surface area (Å²) in [5.74, 6) is 0. The fraction of sp³-hybridized carbons (Fsp3) is 0.175. The van der Waals surface area contributed by atoms with E-state index in [1.165, 1.54) is 87.4 Å². The Labute approximate surface area is 257 Å². The number of rotatable bonds is 4. The van der Waals surface area contributed by atoms with E-state index < -0.39 is 0 Å². The van der Waals surface area contributed by atoms with E-state index in [-0.39, 0.29) is 5.41 Å². The van der Waals surface area contributed by atoms with Gasteiger partial charge in [-0.3, -0.25) is 4.57 Å². The van der Waals surface area contributed by atoms with E-state index in [1.54, 1.807) is 0 Å². The van der Waals surface area contributed by atoms with Gasteiger partial charge in [0.2, 0.25) is 0 Å². The number of fused-ring (bicyclic) bond motifs is 6. The van der Waals surface area contributed by atoms with E-state index >= 15 is 0 Å². The van der Waals surface area contributed by atoms with Crippen molar-refractivity contribution in [3.05, 3.63) is 144 Å². The molecule has 4 heterocycles. The first-order valence-electron chi connectivity index (χ1n) is 15.9. The topological polar surface area (TPSA) is 34.8 Å². The second kappa shape index (κ2) is 9.99. The summed E-state index contributed by atoms with van der Waals surface area (Å²) in [4.78, 5) is 4.80. The molecule has 3 aromatic heterocycles. The number of para-hydroxylation sites is 2. The molecule has 1 fully saturated rings. The maximum Gasteiger partial charge on any atom is 0.145 e. The molecule has 0 amide bonds. The molecule has 1 aliphatic heterocycles. The largest absolute Gasteiger partial charge is 0.385 e. The molecular formula is C40H34N4. The van der Waals surface area contributed by atoms with E-state index in [0.717, 1.165) is 17.9 Å². The lowest BCUT2D eigenvalue weighted by Gasteiger charge is -2.39. The Kier molecular flexibility index (Phi) is 5.77. The van der Waals surface area contributed by atoms with Crippen LogP contribution in [0.1, 0.15) is 54.5 Å². The maximum atomic E-state index is 4.80. The van der Waals surface area contributed by atoms with Crippen LogP contribution in [0.25, 0.3) is 50.3 Å². The van der Waals surface area contributed by atoms with Crippen molar-refractivity contribution in [3.8, 4) is 11.4 Å². The molecule has 0 unspecified atom stereocenters. The third kappa shape index (κ3) is 3.73. The van der Waals surface area contributed by atoms with Gasteiger partial charge in [0.1, 0.15) is 5.65 Å². The zero-order chi connectivity index (χ0) is 29.1. The first-order valence-corrected chi connectivity index (χ1v) is 15.9. The van der Waals surface area contributed by atoms with Gasteiger partial charge in [0, 0.05) is 44.7 Å². The highest BCUT2D eigenvalue weighted by Gasteiger charge is 2.36. The molecule has 9 rings (SSSR count). The predicted molar refractivity (Wildman–Crippen MR) is 182 cm³/mol. The zero-order valence-corrected chi connectivity index (χ0v) is 24.7. The predicted octanol–water partition coefficient (Wildman–Crippen LogP) is 9.45. The van der Waals surface area contributed by atoms with E-state index in [4.69, 9.17) is 4.98 Å². The summed E-state index contributed by atoms with van der Waals surface area (Å²) >= 11 is 0. The summed E-state index contributed by atoms with van der Waals surface area (Å²) in [5, 5.41) is 7.18.